The normalized spacial score (nSPS) is 25.3. The zero-order valence-corrected chi connectivity index (χ0v) is 13.4. The van der Waals surface area contributed by atoms with Crippen molar-refractivity contribution < 1.29 is 14.2 Å². The Hall–Kier alpha value is -1.91. The molecular weight excluding hydrogens is 293 g/mol. The molecular formula is C19H22FNO2. The molecule has 1 saturated heterocycles. The van der Waals surface area contributed by atoms with Gasteiger partial charge in [0.05, 0.1) is 13.2 Å². The van der Waals surface area contributed by atoms with Crippen molar-refractivity contribution in [2.45, 2.75) is 37.5 Å². The number of hydrogen-bond acceptors (Lipinski definition) is 3. The minimum atomic E-state index is -0.749. The fourth-order valence-corrected chi connectivity index (χ4v) is 3.33. The first-order valence-electron chi connectivity index (χ1n) is 7.87. The Morgan fingerprint density at radius 1 is 1.26 bits per heavy atom. The van der Waals surface area contributed by atoms with Crippen molar-refractivity contribution in [3.63, 3.8) is 0 Å². The molecule has 1 aliphatic heterocycles. The molecule has 0 unspecified atom stereocenters. The van der Waals surface area contributed by atoms with Crippen LogP contribution < -0.4 is 10.1 Å². The average molecular weight is 315 g/mol. The van der Waals surface area contributed by atoms with Gasteiger partial charge in [0, 0.05) is 11.6 Å². The van der Waals surface area contributed by atoms with Crippen LogP contribution in [-0.4, -0.2) is 17.8 Å². The number of rotatable bonds is 4. The second-order valence-electron chi connectivity index (χ2n) is 6.38. The highest BCUT2D eigenvalue weighted by atomic mass is 19.1. The van der Waals surface area contributed by atoms with Gasteiger partial charge in [0.25, 0.3) is 0 Å². The second kappa shape index (κ2) is 6.30. The van der Waals surface area contributed by atoms with E-state index in [1.54, 1.807) is 19.2 Å². The van der Waals surface area contributed by atoms with E-state index in [-0.39, 0.29) is 11.9 Å². The van der Waals surface area contributed by atoms with Crippen molar-refractivity contribution in [2.24, 2.45) is 0 Å². The molecule has 1 heterocycles. The van der Waals surface area contributed by atoms with Gasteiger partial charge in [0.15, 0.2) is 0 Å². The number of ether oxygens (including phenoxy) is 1. The van der Waals surface area contributed by atoms with Crippen LogP contribution in [0.15, 0.2) is 48.5 Å². The molecule has 3 atom stereocenters. The first kappa shape index (κ1) is 16.0. The van der Waals surface area contributed by atoms with Crippen molar-refractivity contribution >= 4 is 0 Å². The lowest BCUT2D eigenvalue weighted by Gasteiger charge is -2.32. The Morgan fingerprint density at radius 3 is 2.65 bits per heavy atom. The van der Waals surface area contributed by atoms with E-state index in [0.717, 1.165) is 18.6 Å². The Bertz CT molecular complexity index is 673. The van der Waals surface area contributed by atoms with Gasteiger partial charge in [-0.05, 0) is 55.2 Å². The molecule has 2 N–H and O–H groups in total. The Kier molecular flexibility index (Phi) is 4.37. The summed E-state index contributed by atoms with van der Waals surface area (Å²) in [5.74, 6) is 0.504. The lowest BCUT2D eigenvalue weighted by Crippen LogP contribution is -2.43. The zero-order chi connectivity index (χ0) is 16.4. The van der Waals surface area contributed by atoms with Gasteiger partial charge in [-0.25, -0.2) is 4.39 Å². The topological polar surface area (TPSA) is 41.5 Å². The van der Waals surface area contributed by atoms with Crippen LogP contribution in [0.25, 0.3) is 0 Å². The Labute approximate surface area is 136 Å². The van der Waals surface area contributed by atoms with Crippen molar-refractivity contribution in [2.75, 3.05) is 7.11 Å². The van der Waals surface area contributed by atoms with Crippen molar-refractivity contribution in [3.05, 3.63) is 65.5 Å². The van der Waals surface area contributed by atoms with E-state index < -0.39 is 11.6 Å². The summed E-state index contributed by atoms with van der Waals surface area (Å²) in [5, 5.41) is 14.2. The van der Waals surface area contributed by atoms with E-state index in [1.165, 1.54) is 17.7 Å². The van der Waals surface area contributed by atoms with Crippen LogP contribution in [0.2, 0.25) is 0 Å². The predicted octanol–water partition coefficient (Wildman–Crippen LogP) is 3.75. The largest absolute Gasteiger partial charge is 0.497 e. The molecule has 0 spiro atoms. The first-order valence-corrected chi connectivity index (χ1v) is 7.87. The molecule has 2 aromatic carbocycles. The number of hydrogen-bond donors (Lipinski definition) is 2. The summed E-state index contributed by atoms with van der Waals surface area (Å²) in [6.45, 7) is 1.99. The standard InChI is InChI=1S/C19H22FNO2/c1-19(18(22)14-4-3-5-15(20)12-14)11-10-17(21-19)13-6-8-16(23-2)9-7-13/h3-9,12,17-18,21-22H,10-11H2,1-2H3/t17-,18-,19-/m1/s1. The highest BCUT2D eigenvalue weighted by Gasteiger charge is 2.41. The van der Waals surface area contributed by atoms with Crippen LogP contribution in [0, 0.1) is 5.82 Å². The van der Waals surface area contributed by atoms with Gasteiger partial charge in [-0.15, -0.1) is 0 Å². The molecule has 23 heavy (non-hydrogen) atoms. The van der Waals surface area contributed by atoms with Gasteiger partial charge < -0.3 is 15.2 Å². The highest BCUT2D eigenvalue weighted by Crippen LogP contribution is 2.40. The molecule has 0 aliphatic carbocycles. The number of halogens is 1. The van der Waals surface area contributed by atoms with Gasteiger partial charge >= 0.3 is 0 Å². The lowest BCUT2D eigenvalue weighted by molar-refractivity contribution is 0.0782. The number of benzene rings is 2. The number of aliphatic hydroxyl groups excluding tert-OH is 1. The maximum absolute atomic E-state index is 13.4. The maximum atomic E-state index is 13.4. The van der Waals surface area contributed by atoms with Gasteiger partial charge in [-0.1, -0.05) is 24.3 Å². The molecule has 0 bridgehead atoms. The van der Waals surface area contributed by atoms with Crippen LogP contribution in [0.3, 0.4) is 0 Å². The third kappa shape index (κ3) is 3.23. The third-order valence-electron chi connectivity index (χ3n) is 4.74. The molecule has 0 amide bonds. The summed E-state index contributed by atoms with van der Waals surface area (Å²) in [5.41, 5.74) is 1.30. The van der Waals surface area contributed by atoms with Crippen LogP contribution in [0.4, 0.5) is 4.39 Å². The maximum Gasteiger partial charge on any atom is 0.123 e. The average Bonchev–Trinajstić information content (AvgIpc) is 2.98. The molecule has 0 aromatic heterocycles. The predicted molar refractivity (Wildman–Crippen MR) is 87.9 cm³/mol. The molecule has 3 nitrogen and oxygen atoms in total. The van der Waals surface area contributed by atoms with E-state index in [1.807, 2.05) is 31.2 Å². The molecule has 1 fully saturated rings. The molecule has 2 aromatic rings. The summed E-state index contributed by atoms with van der Waals surface area (Å²) < 4.78 is 18.6. The third-order valence-corrected chi connectivity index (χ3v) is 4.74. The summed E-state index contributed by atoms with van der Waals surface area (Å²) in [6, 6.07) is 14.3. The summed E-state index contributed by atoms with van der Waals surface area (Å²) in [4.78, 5) is 0. The van der Waals surface area contributed by atoms with Crippen LogP contribution in [0.5, 0.6) is 5.75 Å². The van der Waals surface area contributed by atoms with E-state index in [4.69, 9.17) is 4.74 Å². The van der Waals surface area contributed by atoms with Crippen LogP contribution in [-0.2, 0) is 0 Å². The highest BCUT2D eigenvalue weighted by molar-refractivity contribution is 5.31. The van der Waals surface area contributed by atoms with E-state index in [2.05, 4.69) is 5.32 Å². The van der Waals surface area contributed by atoms with E-state index in [0.29, 0.717) is 5.56 Å². The summed E-state index contributed by atoms with van der Waals surface area (Å²) in [6.07, 6.45) is 0.998. The molecule has 3 rings (SSSR count). The number of methoxy groups -OCH3 is 1. The molecule has 4 heteroatoms. The van der Waals surface area contributed by atoms with Crippen molar-refractivity contribution in [1.82, 2.24) is 5.32 Å². The zero-order valence-electron chi connectivity index (χ0n) is 13.4. The Morgan fingerprint density at radius 2 is 2.00 bits per heavy atom. The van der Waals surface area contributed by atoms with Crippen LogP contribution in [0.1, 0.15) is 43.0 Å². The fourth-order valence-electron chi connectivity index (χ4n) is 3.33. The van der Waals surface area contributed by atoms with Gasteiger partial charge in [-0.2, -0.15) is 0 Å². The SMILES string of the molecule is COc1ccc([C@H]2CC[C@](C)([C@H](O)c3cccc(F)c3)N2)cc1. The monoisotopic (exact) mass is 315 g/mol. The molecule has 122 valence electrons. The summed E-state index contributed by atoms with van der Waals surface area (Å²) >= 11 is 0. The number of nitrogens with one attached hydrogen (secondary N) is 1. The smallest absolute Gasteiger partial charge is 0.123 e. The Balaban J connectivity index is 1.76. The molecule has 0 radical (unpaired) electrons. The quantitative estimate of drug-likeness (QED) is 0.903. The molecule has 0 saturated carbocycles. The fraction of sp³-hybridized carbons (Fsp3) is 0.368. The first-order chi connectivity index (χ1) is 11.0. The minimum Gasteiger partial charge on any atom is -0.497 e. The number of aliphatic hydroxyl groups is 1. The van der Waals surface area contributed by atoms with E-state index >= 15 is 0 Å². The van der Waals surface area contributed by atoms with Crippen molar-refractivity contribution in [3.8, 4) is 5.75 Å². The van der Waals surface area contributed by atoms with E-state index in [9.17, 15) is 9.50 Å². The lowest BCUT2D eigenvalue weighted by atomic mass is 9.88. The van der Waals surface area contributed by atoms with Gasteiger partial charge in [0.1, 0.15) is 11.6 Å². The van der Waals surface area contributed by atoms with Crippen LogP contribution >= 0.6 is 0 Å². The second-order valence-corrected chi connectivity index (χ2v) is 6.38. The van der Waals surface area contributed by atoms with Crippen molar-refractivity contribution in [1.29, 1.82) is 0 Å². The van der Waals surface area contributed by atoms with Gasteiger partial charge in [0.2, 0.25) is 0 Å². The molecule has 1 aliphatic rings. The minimum absolute atomic E-state index is 0.175. The summed E-state index contributed by atoms with van der Waals surface area (Å²) in [7, 11) is 1.65. The van der Waals surface area contributed by atoms with Gasteiger partial charge in [-0.3, -0.25) is 0 Å².